The predicted octanol–water partition coefficient (Wildman–Crippen LogP) is 6.79. The van der Waals surface area contributed by atoms with Crippen LogP contribution in [-0.2, 0) is 14.3 Å². The first-order valence-corrected chi connectivity index (χ1v) is 16.6. The molecule has 1 N–H and O–H groups in total. The second-order valence-electron chi connectivity index (χ2n) is 12.0. The lowest BCUT2D eigenvalue weighted by Gasteiger charge is -2.32. The van der Waals surface area contributed by atoms with Crippen molar-refractivity contribution >= 4 is 23.7 Å². The number of methoxy groups -OCH3 is 2. The van der Waals surface area contributed by atoms with E-state index in [9.17, 15) is 4.79 Å². The van der Waals surface area contributed by atoms with Gasteiger partial charge in [0.1, 0.15) is 17.2 Å². The molecule has 0 bridgehead atoms. The minimum Gasteiger partial charge on any atom is -0.457 e. The van der Waals surface area contributed by atoms with Crippen molar-refractivity contribution < 1.29 is 19.0 Å². The fourth-order valence-electron chi connectivity index (χ4n) is 5.46. The Bertz CT molecular complexity index is 1480. The lowest BCUT2D eigenvalue weighted by Crippen LogP contribution is -2.40. The molecule has 0 aliphatic carbocycles. The summed E-state index contributed by atoms with van der Waals surface area (Å²) in [4.78, 5) is 22.4. The number of nitrogens with zero attached hydrogens (tertiary/aromatic N) is 5. The van der Waals surface area contributed by atoms with Crippen LogP contribution in [0.3, 0.4) is 0 Å². The molecule has 10 heteroatoms. The van der Waals surface area contributed by atoms with Gasteiger partial charge in [-0.25, -0.2) is 9.67 Å². The van der Waals surface area contributed by atoms with E-state index in [1.165, 1.54) is 0 Å². The predicted molar refractivity (Wildman–Crippen MR) is 188 cm³/mol. The number of carbonyl (C=O) groups excluding carboxylic acids is 1. The summed E-state index contributed by atoms with van der Waals surface area (Å²) in [7, 11) is 3.38. The van der Waals surface area contributed by atoms with Gasteiger partial charge < -0.3 is 24.5 Å². The second kappa shape index (κ2) is 18.3. The van der Waals surface area contributed by atoms with Crippen LogP contribution in [0.4, 0.5) is 5.82 Å². The number of piperidine rings is 1. The van der Waals surface area contributed by atoms with Crippen molar-refractivity contribution in [1.82, 2.24) is 19.6 Å². The minimum atomic E-state index is -0.0716. The number of likely N-dealkylation sites (tertiary alicyclic amines) is 1. The lowest BCUT2D eigenvalue weighted by atomic mass is 10.0. The number of carbonyl (C=O) groups is 1. The summed E-state index contributed by atoms with van der Waals surface area (Å²) in [5.74, 6) is 2.42. The van der Waals surface area contributed by atoms with E-state index in [0.717, 1.165) is 49.4 Å². The molecule has 1 aliphatic rings. The molecule has 2 atom stereocenters. The number of hydrogen-bond donors (Lipinski definition) is 1. The van der Waals surface area contributed by atoms with Crippen LogP contribution in [0.25, 0.3) is 11.3 Å². The molecule has 1 amide bonds. The van der Waals surface area contributed by atoms with E-state index in [4.69, 9.17) is 29.7 Å². The third-order valence-corrected chi connectivity index (χ3v) is 8.36. The number of rotatable bonds is 17. The van der Waals surface area contributed by atoms with Crippen LogP contribution in [0.15, 0.2) is 71.7 Å². The Hall–Kier alpha value is -4.12. The standard InChI is InChI=1S/C37H50N6O4/c1-6-28(2)26-39-37-35(29(3)38)36(30-16-18-33(19-17-30)47-32-13-8-7-9-14-32)40-43(37)31-12-10-21-42(27-31)34(44)15-11-20-41(22-24-45-4)23-25-46-5/h7-9,11,13-19,26,28,31,38H,6,10,12,20-25,27H2,1-5H3. The Morgan fingerprint density at radius 2 is 1.77 bits per heavy atom. The third-order valence-electron chi connectivity index (χ3n) is 8.36. The van der Waals surface area contributed by atoms with Crippen LogP contribution >= 0.6 is 0 Å². The zero-order chi connectivity index (χ0) is 33.6. The summed E-state index contributed by atoms with van der Waals surface area (Å²) in [6.45, 7) is 10.7. The van der Waals surface area contributed by atoms with Crippen molar-refractivity contribution in [3.05, 3.63) is 72.3 Å². The van der Waals surface area contributed by atoms with E-state index in [2.05, 4.69) is 18.7 Å². The van der Waals surface area contributed by atoms with E-state index >= 15 is 0 Å². The highest BCUT2D eigenvalue weighted by Crippen LogP contribution is 2.37. The summed E-state index contributed by atoms with van der Waals surface area (Å²) < 4.78 is 18.4. The normalized spacial score (nSPS) is 16.0. The number of nitrogens with one attached hydrogen (secondary N) is 1. The van der Waals surface area contributed by atoms with Crippen LogP contribution in [-0.4, -0.2) is 97.6 Å². The summed E-state index contributed by atoms with van der Waals surface area (Å²) in [5, 5.41) is 13.9. The highest BCUT2D eigenvalue weighted by molar-refractivity contribution is 6.06. The number of hydrogen-bond acceptors (Lipinski definition) is 8. The monoisotopic (exact) mass is 642 g/mol. The maximum atomic E-state index is 13.4. The topological polar surface area (TPSA) is 105 Å². The fourth-order valence-corrected chi connectivity index (χ4v) is 5.46. The molecule has 1 aromatic heterocycles. The van der Waals surface area contributed by atoms with Crippen molar-refractivity contribution in [2.75, 3.05) is 60.2 Å². The van der Waals surface area contributed by atoms with Gasteiger partial charge in [-0.15, -0.1) is 0 Å². The Kier molecular flexibility index (Phi) is 13.9. The molecule has 4 rings (SSSR count). The maximum absolute atomic E-state index is 13.4. The van der Waals surface area contributed by atoms with Crippen molar-refractivity contribution in [3.63, 3.8) is 0 Å². The highest BCUT2D eigenvalue weighted by Gasteiger charge is 2.29. The highest BCUT2D eigenvalue weighted by atomic mass is 16.5. The van der Waals surface area contributed by atoms with Gasteiger partial charge >= 0.3 is 0 Å². The van der Waals surface area contributed by atoms with E-state index in [0.29, 0.717) is 55.6 Å². The third kappa shape index (κ3) is 10.2. The Labute approximate surface area is 279 Å². The molecule has 252 valence electrons. The molecule has 2 heterocycles. The van der Waals surface area contributed by atoms with Gasteiger partial charge in [0.2, 0.25) is 5.91 Å². The number of aromatic nitrogens is 2. The zero-order valence-electron chi connectivity index (χ0n) is 28.5. The first-order valence-electron chi connectivity index (χ1n) is 16.6. The quantitative estimate of drug-likeness (QED) is 0.128. The van der Waals surface area contributed by atoms with E-state index in [-0.39, 0.29) is 17.9 Å². The molecule has 2 unspecified atom stereocenters. The average Bonchev–Trinajstić information content (AvgIpc) is 3.48. The Morgan fingerprint density at radius 1 is 1.09 bits per heavy atom. The number of ether oxygens (including phenoxy) is 3. The largest absolute Gasteiger partial charge is 0.457 e. The molecule has 47 heavy (non-hydrogen) atoms. The molecule has 2 aromatic carbocycles. The summed E-state index contributed by atoms with van der Waals surface area (Å²) >= 11 is 0. The Morgan fingerprint density at radius 3 is 2.40 bits per heavy atom. The molecule has 1 saturated heterocycles. The molecular formula is C37H50N6O4. The van der Waals surface area contributed by atoms with Crippen molar-refractivity contribution in [2.24, 2.45) is 10.9 Å². The van der Waals surface area contributed by atoms with E-state index in [1.807, 2.05) is 76.5 Å². The van der Waals surface area contributed by atoms with Gasteiger partial charge in [-0.05, 0) is 68.5 Å². The molecular weight excluding hydrogens is 592 g/mol. The van der Waals surface area contributed by atoms with Gasteiger partial charge in [0.05, 0.1) is 24.8 Å². The van der Waals surface area contributed by atoms with Crippen LogP contribution < -0.4 is 4.74 Å². The van der Waals surface area contributed by atoms with Crippen molar-refractivity contribution in [2.45, 2.75) is 46.1 Å². The van der Waals surface area contributed by atoms with E-state index in [1.54, 1.807) is 27.2 Å². The van der Waals surface area contributed by atoms with Gasteiger partial charge in [-0.1, -0.05) is 38.1 Å². The number of para-hydroxylation sites is 1. The van der Waals surface area contributed by atoms with Crippen molar-refractivity contribution in [3.8, 4) is 22.8 Å². The van der Waals surface area contributed by atoms with Gasteiger partial charge in [0, 0.05) is 70.5 Å². The fraction of sp³-hybridized carbons (Fsp3) is 0.459. The van der Waals surface area contributed by atoms with Gasteiger partial charge in [0.15, 0.2) is 5.82 Å². The van der Waals surface area contributed by atoms with Crippen LogP contribution in [0.2, 0.25) is 0 Å². The van der Waals surface area contributed by atoms with Crippen molar-refractivity contribution in [1.29, 1.82) is 5.41 Å². The molecule has 10 nitrogen and oxygen atoms in total. The summed E-state index contributed by atoms with van der Waals surface area (Å²) in [6, 6.07) is 17.4. The SMILES string of the molecule is CCC(C)C=Nc1c(C(C)=N)c(-c2ccc(Oc3ccccc3)cc2)nn1C1CCCN(C(=O)C=CCN(CCOC)CCOC)C1. The summed E-state index contributed by atoms with van der Waals surface area (Å²) in [6.07, 6.45) is 8.23. The first kappa shape index (κ1) is 35.7. The Balaban J connectivity index is 1.59. The minimum absolute atomic E-state index is 0.0115. The lowest BCUT2D eigenvalue weighted by molar-refractivity contribution is -0.127. The average molecular weight is 643 g/mol. The first-order chi connectivity index (χ1) is 22.8. The molecule has 1 aliphatic heterocycles. The smallest absolute Gasteiger partial charge is 0.246 e. The summed E-state index contributed by atoms with van der Waals surface area (Å²) in [5.41, 5.74) is 2.68. The maximum Gasteiger partial charge on any atom is 0.246 e. The van der Waals surface area contributed by atoms with E-state index < -0.39 is 0 Å². The zero-order valence-corrected chi connectivity index (χ0v) is 28.5. The molecule has 0 spiro atoms. The molecule has 3 aromatic rings. The molecule has 1 fully saturated rings. The van der Waals surface area contributed by atoms with Gasteiger partial charge in [0.25, 0.3) is 0 Å². The van der Waals surface area contributed by atoms with Gasteiger partial charge in [-0.3, -0.25) is 9.69 Å². The number of aliphatic imine (C=N–C) groups is 1. The molecule has 0 saturated carbocycles. The van der Waals surface area contributed by atoms with Gasteiger partial charge in [-0.2, -0.15) is 5.10 Å². The number of benzene rings is 2. The molecule has 0 radical (unpaired) electrons. The second-order valence-corrected chi connectivity index (χ2v) is 12.0. The number of amides is 1. The van der Waals surface area contributed by atoms with Crippen LogP contribution in [0, 0.1) is 11.3 Å². The van der Waals surface area contributed by atoms with Crippen LogP contribution in [0.5, 0.6) is 11.5 Å². The van der Waals surface area contributed by atoms with Crippen LogP contribution in [0.1, 0.15) is 51.6 Å².